The lowest BCUT2D eigenvalue weighted by molar-refractivity contribution is -0.123. The van der Waals surface area contributed by atoms with Crippen molar-refractivity contribution in [1.82, 2.24) is 24.8 Å². The number of halogens is 1. The molecule has 11 nitrogen and oxygen atoms in total. The van der Waals surface area contributed by atoms with E-state index in [0.717, 1.165) is 36.3 Å². The summed E-state index contributed by atoms with van der Waals surface area (Å²) in [4.78, 5) is 35.0. The highest BCUT2D eigenvalue weighted by Gasteiger charge is 2.33. The van der Waals surface area contributed by atoms with Gasteiger partial charge in [-0.2, -0.15) is 14.6 Å². The predicted molar refractivity (Wildman–Crippen MR) is 143 cm³/mol. The molecular weight excluding hydrogens is 510 g/mol. The summed E-state index contributed by atoms with van der Waals surface area (Å²) in [6, 6.07) is 6.53. The third-order valence-electron chi connectivity index (χ3n) is 6.91. The van der Waals surface area contributed by atoms with Crippen LogP contribution in [0.25, 0.3) is 5.65 Å². The van der Waals surface area contributed by atoms with Gasteiger partial charge in [-0.3, -0.25) is 9.59 Å². The fourth-order valence-corrected chi connectivity index (χ4v) is 5.24. The predicted octanol–water partition coefficient (Wildman–Crippen LogP) is 2.34. The molecule has 2 bridgehead atoms. The number of nitrogens with zero attached hydrogens (tertiary/aromatic N) is 5. The minimum Gasteiger partial charge on any atom is -0.483 e. The number of hydrogen-bond donors (Lipinski definition) is 2. The van der Waals surface area contributed by atoms with Crippen molar-refractivity contribution in [2.45, 2.75) is 32.2 Å². The second-order valence-corrected chi connectivity index (χ2v) is 9.99. The number of aromatic nitrogens is 3. The number of benzene rings is 1. The fourth-order valence-electron chi connectivity index (χ4n) is 5.07. The number of ether oxygens (including phenoxy) is 2. The van der Waals surface area contributed by atoms with Crippen LogP contribution >= 0.6 is 11.6 Å². The lowest BCUT2D eigenvalue weighted by Gasteiger charge is -2.35. The van der Waals surface area contributed by atoms with Gasteiger partial charge in [-0.1, -0.05) is 11.6 Å². The molecule has 5 rings (SSSR count). The quantitative estimate of drug-likeness (QED) is 0.517. The van der Waals surface area contributed by atoms with Gasteiger partial charge in [0.05, 0.1) is 22.9 Å². The van der Waals surface area contributed by atoms with Crippen LogP contribution in [0.5, 0.6) is 11.6 Å². The van der Waals surface area contributed by atoms with Gasteiger partial charge in [0.15, 0.2) is 12.3 Å². The first-order chi connectivity index (χ1) is 18.4. The molecule has 1 unspecified atom stereocenters. The van der Waals surface area contributed by atoms with E-state index in [-0.39, 0.29) is 24.5 Å². The summed E-state index contributed by atoms with van der Waals surface area (Å²) < 4.78 is 13.5. The normalized spacial score (nSPS) is 18.7. The van der Waals surface area contributed by atoms with Gasteiger partial charge in [0, 0.05) is 44.3 Å². The number of piperidine rings is 1. The van der Waals surface area contributed by atoms with Crippen LogP contribution in [0.2, 0.25) is 5.02 Å². The minimum atomic E-state index is -0.292. The maximum atomic E-state index is 13.9. The number of likely N-dealkylation sites (N-methyl/N-ethyl adjacent to an activating group) is 1. The topological polar surface area (TPSA) is 127 Å². The first-order valence-corrected chi connectivity index (χ1v) is 13.2. The van der Waals surface area contributed by atoms with Crippen LogP contribution < -0.4 is 25.4 Å². The number of nitrogens with two attached hydrogens (primary N) is 1. The number of amides is 2. The molecule has 0 aliphatic carbocycles. The van der Waals surface area contributed by atoms with Crippen LogP contribution in [0, 0.1) is 6.92 Å². The number of carbonyl (C=O) groups excluding carboxylic acids is 2. The molecule has 4 heterocycles. The Hall–Kier alpha value is -3.57. The van der Waals surface area contributed by atoms with Crippen LogP contribution in [-0.2, 0) is 4.79 Å². The summed E-state index contributed by atoms with van der Waals surface area (Å²) in [5, 5.41) is 8.25. The van der Waals surface area contributed by atoms with Gasteiger partial charge in [0.1, 0.15) is 18.2 Å². The molecule has 202 valence electrons. The average molecular weight is 542 g/mol. The van der Waals surface area contributed by atoms with Crippen molar-refractivity contribution in [3.63, 3.8) is 0 Å². The van der Waals surface area contributed by atoms with Crippen LogP contribution in [0.3, 0.4) is 0 Å². The van der Waals surface area contributed by atoms with E-state index in [0.29, 0.717) is 60.6 Å². The molecule has 12 heteroatoms. The van der Waals surface area contributed by atoms with Crippen molar-refractivity contribution in [2.24, 2.45) is 5.73 Å². The Morgan fingerprint density at radius 1 is 1.24 bits per heavy atom. The second kappa shape index (κ2) is 11.0. The highest BCUT2D eigenvalue weighted by Crippen LogP contribution is 2.36. The van der Waals surface area contributed by atoms with E-state index in [1.165, 1.54) is 0 Å². The van der Waals surface area contributed by atoms with Crippen molar-refractivity contribution in [3.05, 3.63) is 46.1 Å². The van der Waals surface area contributed by atoms with Crippen LogP contribution in [0.4, 0.5) is 5.82 Å². The molecule has 0 radical (unpaired) electrons. The smallest absolute Gasteiger partial charge is 0.258 e. The Labute approximate surface area is 225 Å². The molecule has 1 atom stereocenters. The summed E-state index contributed by atoms with van der Waals surface area (Å²) in [6.45, 7) is 3.85. The van der Waals surface area contributed by atoms with Gasteiger partial charge < -0.3 is 30.3 Å². The van der Waals surface area contributed by atoms with Gasteiger partial charge in [-0.15, -0.1) is 0 Å². The van der Waals surface area contributed by atoms with Crippen molar-refractivity contribution in [3.8, 4) is 11.6 Å². The Morgan fingerprint density at radius 3 is 2.89 bits per heavy atom. The summed E-state index contributed by atoms with van der Waals surface area (Å²) in [5.41, 5.74) is 8.16. The zero-order valence-corrected chi connectivity index (χ0v) is 22.3. The minimum absolute atomic E-state index is 0.217. The van der Waals surface area contributed by atoms with Crippen molar-refractivity contribution in [1.29, 1.82) is 0 Å². The highest BCUT2D eigenvalue weighted by molar-refractivity contribution is 6.31. The van der Waals surface area contributed by atoms with Gasteiger partial charge in [0.2, 0.25) is 5.88 Å². The van der Waals surface area contributed by atoms with E-state index in [2.05, 4.69) is 5.32 Å². The van der Waals surface area contributed by atoms with Gasteiger partial charge >= 0.3 is 0 Å². The van der Waals surface area contributed by atoms with Crippen molar-refractivity contribution in [2.75, 3.05) is 51.3 Å². The fraction of sp³-hybridized carbons (Fsp3) is 0.462. The first-order valence-electron chi connectivity index (χ1n) is 12.8. The largest absolute Gasteiger partial charge is 0.483 e. The molecule has 0 spiro atoms. The molecule has 2 aliphatic heterocycles. The zero-order chi connectivity index (χ0) is 26.8. The van der Waals surface area contributed by atoms with Crippen LogP contribution in [0.15, 0.2) is 24.3 Å². The van der Waals surface area contributed by atoms with E-state index in [9.17, 15) is 9.59 Å². The Kier molecular flexibility index (Phi) is 7.57. The number of carbonyl (C=O) groups is 2. The average Bonchev–Trinajstić information content (AvgIpc) is 3.33. The Morgan fingerprint density at radius 2 is 2.08 bits per heavy atom. The lowest BCUT2D eigenvalue weighted by Crippen LogP contribution is -2.39. The SMILES string of the molecule is Cc1c(OCCN)nc2cc3nn2c1N(C)CCNC(=O)COc1ccc(Cl)cc1C(=O)N1CCCCC31. The Bertz CT molecular complexity index is 1360. The van der Waals surface area contributed by atoms with E-state index < -0.39 is 0 Å². The number of hydrogen-bond acceptors (Lipinski definition) is 8. The molecule has 2 aromatic heterocycles. The Balaban J connectivity index is 1.65. The van der Waals surface area contributed by atoms with E-state index in [4.69, 9.17) is 36.9 Å². The molecule has 38 heavy (non-hydrogen) atoms. The van der Waals surface area contributed by atoms with E-state index in [1.807, 2.05) is 29.8 Å². The highest BCUT2D eigenvalue weighted by atomic mass is 35.5. The van der Waals surface area contributed by atoms with Crippen LogP contribution in [0.1, 0.15) is 46.9 Å². The zero-order valence-electron chi connectivity index (χ0n) is 21.6. The van der Waals surface area contributed by atoms with Crippen LogP contribution in [-0.4, -0.2) is 77.8 Å². The number of rotatable bonds is 3. The maximum absolute atomic E-state index is 13.9. The molecule has 2 aliphatic rings. The molecule has 0 saturated carbocycles. The lowest BCUT2D eigenvalue weighted by atomic mass is 9.98. The summed E-state index contributed by atoms with van der Waals surface area (Å²) in [5.74, 6) is 1.08. The van der Waals surface area contributed by atoms with E-state index >= 15 is 0 Å². The van der Waals surface area contributed by atoms with E-state index in [1.54, 1.807) is 22.7 Å². The summed E-state index contributed by atoms with van der Waals surface area (Å²) >= 11 is 6.27. The summed E-state index contributed by atoms with van der Waals surface area (Å²) in [6.07, 6.45) is 2.60. The molecule has 1 aromatic carbocycles. The molecule has 2 amide bonds. The third-order valence-corrected chi connectivity index (χ3v) is 7.14. The van der Waals surface area contributed by atoms with Crippen molar-refractivity contribution < 1.29 is 19.1 Å². The van der Waals surface area contributed by atoms with Crippen molar-refractivity contribution >= 4 is 34.9 Å². The monoisotopic (exact) mass is 541 g/mol. The number of fused-ring (bicyclic) bond motifs is 4. The third kappa shape index (κ3) is 5.08. The molecule has 1 saturated heterocycles. The summed E-state index contributed by atoms with van der Waals surface area (Å²) in [7, 11) is 1.93. The van der Waals surface area contributed by atoms with Gasteiger partial charge in [-0.25, -0.2) is 0 Å². The maximum Gasteiger partial charge on any atom is 0.258 e. The second-order valence-electron chi connectivity index (χ2n) is 9.55. The standard InChI is InChI=1S/C26H32ClN7O4/c1-16-24(37-12-8-28)30-22-14-19-20-5-3-4-10-33(20)26(36)18-13-17(27)6-7-21(18)38-15-23(35)29-9-11-32(2)25(16)34(22)31-19/h6-7,13-14,20H,3-5,8-12,15,28H2,1-2H3,(H,29,35). The van der Waals surface area contributed by atoms with Gasteiger partial charge in [-0.05, 0) is 44.4 Å². The molecule has 1 fully saturated rings. The molecule has 3 aromatic rings. The molecule has 3 N–H and O–H groups in total. The number of anilines is 1. The number of nitrogens with one attached hydrogen (secondary N) is 1. The first kappa shape index (κ1) is 26.1. The van der Waals surface area contributed by atoms with Gasteiger partial charge in [0.25, 0.3) is 11.8 Å². The molecular formula is C26H32ClN7O4.